The Hall–Kier alpha value is -1.76. The van der Waals surface area contributed by atoms with Crippen LogP contribution in [0.15, 0.2) is 16.8 Å². The summed E-state index contributed by atoms with van der Waals surface area (Å²) in [4.78, 5) is 12.9. The number of fused-ring (bicyclic) bond motifs is 2. The summed E-state index contributed by atoms with van der Waals surface area (Å²) < 4.78 is 19.4. The summed E-state index contributed by atoms with van der Waals surface area (Å²) in [6, 6.07) is 1.67. The molecule has 2 heterocycles. The molecule has 0 radical (unpaired) electrons. The highest BCUT2D eigenvalue weighted by Gasteiger charge is 2.47. The Balaban J connectivity index is 1.45. The lowest BCUT2D eigenvalue weighted by Crippen LogP contribution is -2.43. The molecule has 0 spiro atoms. The summed E-state index contributed by atoms with van der Waals surface area (Å²) in [7, 11) is 0. The minimum atomic E-state index is -1.60. The quantitative estimate of drug-likeness (QED) is 0.744. The smallest absolute Gasteiger partial charge is 0.263 e. The SMILES string of the molecule is CC(C)(F)c1nc(C23CCCC(C2)C(CNc2nccc(Cl)n2)CC3)no1. The molecule has 2 bridgehead atoms. The molecule has 146 valence electrons. The van der Waals surface area contributed by atoms with Crippen molar-refractivity contribution in [3.63, 3.8) is 0 Å². The van der Waals surface area contributed by atoms with Gasteiger partial charge in [-0.15, -0.1) is 0 Å². The third-order valence-electron chi connectivity index (χ3n) is 6.10. The molecule has 0 aromatic carbocycles. The maximum Gasteiger partial charge on any atom is 0.263 e. The van der Waals surface area contributed by atoms with E-state index in [0.717, 1.165) is 38.6 Å². The van der Waals surface area contributed by atoms with Crippen molar-refractivity contribution in [3.05, 3.63) is 29.1 Å². The Morgan fingerprint density at radius 1 is 1.33 bits per heavy atom. The lowest BCUT2D eigenvalue weighted by molar-refractivity contribution is 0.0896. The third kappa shape index (κ3) is 3.79. The van der Waals surface area contributed by atoms with E-state index < -0.39 is 5.67 Å². The van der Waals surface area contributed by atoms with E-state index in [2.05, 4.69) is 25.4 Å². The van der Waals surface area contributed by atoms with Gasteiger partial charge >= 0.3 is 0 Å². The van der Waals surface area contributed by atoms with Gasteiger partial charge in [0.15, 0.2) is 11.5 Å². The van der Waals surface area contributed by atoms with Gasteiger partial charge in [-0.2, -0.15) is 4.98 Å². The summed E-state index contributed by atoms with van der Waals surface area (Å²) in [6.07, 6.45) is 8.14. The van der Waals surface area contributed by atoms with Crippen LogP contribution in [0.25, 0.3) is 0 Å². The van der Waals surface area contributed by atoms with Crippen LogP contribution in [0.1, 0.15) is 64.1 Å². The van der Waals surface area contributed by atoms with Crippen LogP contribution in [-0.2, 0) is 11.1 Å². The zero-order valence-electron chi connectivity index (χ0n) is 15.7. The molecule has 8 heteroatoms. The summed E-state index contributed by atoms with van der Waals surface area (Å²) in [5.74, 6) is 2.47. The fourth-order valence-electron chi connectivity index (χ4n) is 4.64. The normalized spacial score (nSPS) is 28.1. The Labute approximate surface area is 163 Å². The van der Waals surface area contributed by atoms with Gasteiger partial charge in [0.25, 0.3) is 5.89 Å². The van der Waals surface area contributed by atoms with E-state index in [0.29, 0.717) is 28.8 Å². The van der Waals surface area contributed by atoms with Gasteiger partial charge in [0, 0.05) is 18.2 Å². The molecular weight excluding hydrogens is 369 g/mol. The van der Waals surface area contributed by atoms with Crippen LogP contribution in [0.5, 0.6) is 0 Å². The van der Waals surface area contributed by atoms with E-state index in [1.807, 2.05) is 0 Å². The standard InChI is InChI=1S/C19H25ClFN5O/c1-18(2,21)16-25-15(26-27-16)19-7-3-4-12(10-19)13(5-8-19)11-23-17-22-9-6-14(20)24-17/h6,9,12-13H,3-5,7-8,10-11H2,1-2H3,(H,22,23,24). The number of alkyl halides is 1. The molecule has 6 nitrogen and oxygen atoms in total. The molecule has 4 rings (SSSR count). The number of halogens is 2. The van der Waals surface area contributed by atoms with Crippen LogP contribution in [0.4, 0.5) is 10.3 Å². The molecule has 2 aliphatic carbocycles. The summed E-state index contributed by atoms with van der Waals surface area (Å²) in [6.45, 7) is 3.73. The highest BCUT2D eigenvalue weighted by atomic mass is 35.5. The second-order valence-electron chi connectivity index (χ2n) is 8.41. The predicted octanol–water partition coefficient (Wildman–Crippen LogP) is 4.67. The molecule has 2 saturated carbocycles. The third-order valence-corrected chi connectivity index (χ3v) is 6.31. The van der Waals surface area contributed by atoms with Crippen molar-refractivity contribution in [2.45, 2.75) is 63.5 Å². The summed E-state index contributed by atoms with van der Waals surface area (Å²) in [5.41, 5.74) is -1.67. The van der Waals surface area contributed by atoms with E-state index >= 15 is 0 Å². The minimum Gasteiger partial charge on any atom is -0.354 e. The van der Waals surface area contributed by atoms with Gasteiger partial charge in [-0.05, 0) is 57.4 Å². The van der Waals surface area contributed by atoms with Crippen LogP contribution in [0.3, 0.4) is 0 Å². The van der Waals surface area contributed by atoms with E-state index in [-0.39, 0.29) is 11.3 Å². The number of nitrogens with zero attached hydrogens (tertiary/aromatic N) is 4. The number of hydrogen-bond donors (Lipinski definition) is 1. The first-order chi connectivity index (χ1) is 12.9. The molecule has 27 heavy (non-hydrogen) atoms. The number of rotatable bonds is 5. The number of nitrogens with one attached hydrogen (secondary N) is 1. The highest BCUT2D eigenvalue weighted by Crippen LogP contribution is 2.52. The van der Waals surface area contributed by atoms with Crippen molar-refractivity contribution in [1.82, 2.24) is 20.1 Å². The second-order valence-corrected chi connectivity index (χ2v) is 8.80. The van der Waals surface area contributed by atoms with E-state index in [4.69, 9.17) is 16.1 Å². The van der Waals surface area contributed by atoms with E-state index in [1.54, 1.807) is 12.3 Å². The maximum atomic E-state index is 14.1. The largest absolute Gasteiger partial charge is 0.354 e. The van der Waals surface area contributed by atoms with Gasteiger partial charge in [-0.3, -0.25) is 0 Å². The first kappa shape index (κ1) is 18.6. The molecule has 0 amide bonds. The average Bonchev–Trinajstić information content (AvgIpc) is 3.13. The van der Waals surface area contributed by atoms with Crippen molar-refractivity contribution in [2.24, 2.45) is 11.8 Å². The minimum absolute atomic E-state index is 0.0705. The first-order valence-corrected chi connectivity index (χ1v) is 10.00. The molecular formula is C19H25ClFN5O. The molecule has 2 fully saturated rings. The van der Waals surface area contributed by atoms with E-state index in [9.17, 15) is 4.39 Å². The first-order valence-electron chi connectivity index (χ1n) is 9.62. The van der Waals surface area contributed by atoms with Gasteiger partial charge in [0.2, 0.25) is 5.95 Å². The fourth-order valence-corrected chi connectivity index (χ4v) is 4.78. The molecule has 1 N–H and O–H groups in total. The van der Waals surface area contributed by atoms with Gasteiger partial charge in [-0.25, -0.2) is 14.4 Å². The molecule has 2 aromatic heterocycles. The van der Waals surface area contributed by atoms with Gasteiger partial charge in [0.05, 0.1) is 0 Å². The molecule has 0 aliphatic heterocycles. The second kappa shape index (κ2) is 7.00. The van der Waals surface area contributed by atoms with Gasteiger partial charge in [-0.1, -0.05) is 29.6 Å². The molecule has 2 aliphatic rings. The average molecular weight is 394 g/mol. The van der Waals surface area contributed by atoms with Crippen LogP contribution in [0, 0.1) is 11.8 Å². The Morgan fingerprint density at radius 2 is 2.19 bits per heavy atom. The van der Waals surface area contributed by atoms with Crippen molar-refractivity contribution in [1.29, 1.82) is 0 Å². The topological polar surface area (TPSA) is 76.7 Å². The number of aromatic nitrogens is 4. The lowest BCUT2D eigenvalue weighted by atomic mass is 9.58. The zero-order chi connectivity index (χ0) is 19.1. The summed E-state index contributed by atoms with van der Waals surface area (Å²) in [5, 5.41) is 7.94. The Bertz CT molecular complexity index is 807. The molecule has 3 unspecified atom stereocenters. The van der Waals surface area contributed by atoms with Crippen LogP contribution in [-0.4, -0.2) is 26.7 Å². The monoisotopic (exact) mass is 393 g/mol. The van der Waals surface area contributed by atoms with Gasteiger partial charge in [0.1, 0.15) is 5.15 Å². The van der Waals surface area contributed by atoms with Gasteiger partial charge < -0.3 is 9.84 Å². The number of hydrogen-bond acceptors (Lipinski definition) is 6. The molecule has 0 saturated heterocycles. The van der Waals surface area contributed by atoms with E-state index in [1.165, 1.54) is 20.3 Å². The molecule has 3 atom stereocenters. The Morgan fingerprint density at radius 3 is 2.93 bits per heavy atom. The lowest BCUT2D eigenvalue weighted by Gasteiger charge is -2.47. The summed E-state index contributed by atoms with van der Waals surface area (Å²) >= 11 is 5.93. The van der Waals surface area contributed by atoms with Crippen molar-refractivity contribution in [3.8, 4) is 0 Å². The van der Waals surface area contributed by atoms with Crippen LogP contribution >= 0.6 is 11.6 Å². The van der Waals surface area contributed by atoms with Crippen molar-refractivity contribution in [2.75, 3.05) is 11.9 Å². The maximum absolute atomic E-state index is 14.1. The Kier molecular flexibility index (Phi) is 4.82. The van der Waals surface area contributed by atoms with Crippen LogP contribution in [0.2, 0.25) is 5.15 Å². The van der Waals surface area contributed by atoms with Crippen molar-refractivity contribution < 1.29 is 8.91 Å². The fraction of sp³-hybridized carbons (Fsp3) is 0.684. The van der Waals surface area contributed by atoms with Crippen LogP contribution < -0.4 is 5.32 Å². The highest BCUT2D eigenvalue weighted by molar-refractivity contribution is 6.29. The van der Waals surface area contributed by atoms with Crippen molar-refractivity contribution >= 4 is 17.5 Å². The zero-order valence-corrected chi connectivity index (χ0v) is 16.5. The number of anilines is 1. The predicted molar refractivity (Wildman–Crippen MR) is 100 cm³/mol. The molecule has 2 aromatic rings.